The molecule has 0 bridgehead atoms. The highest BCUT2D eigenvalue weighted by molar-refractivity contribution is 8.04. The number of aliphatic carboxylic acids is 1. The van der Waals surface area contributed by atoms with Crippen molar-refractivity contribution >= 4 is 74.1 Å². The Morgan fingerprint density at radius 1 is 1.06 bits per heavy atom. The quantitative estimate of drug-likeness (QED) is 0.332. The number of hydrogen-bond acceptors (Lipinski definition) is 6. The zero-order valence-electron chi connectivity index (χ0n) is 17.9. The van der Waals surface area contributed by atoms with Crippen molar-refractivity contribution < 1.29 is 23.1 Å². The fraction of sp³-hybridized carbons (Fsp3) is 0.0833. The molecule has 3 aromatic rings. The molecule has 4 rings (SSSR count). The molecular formula is C24H18Cl2N2O5S2. The zero-order valence-corrected chi connectivity index (χ0v) is 21.1. The number of rotatable bonds is 7. The molecule has 0 spiro atoms. The number of carbonyl (C=O) groups is 2. The normalized spacial score (nSPS) is 14.3. The Bertz CT molecular complexity index is 1430. The van der Waals surface area contributed by atoms with Crippen LogP contribution in [0.15, 0.2) is 75.4 Å². The predicted molar refractivity (Wildman–Crippen MR) is 139 cm³/mol. The molecule has 0 saturated heterocycles. The number of thioether (sulfide) groups is 1. The van der Waals surface area contributed by atoms with Crippen molar-refractivity contribution in [1.82, 2.24) is 0 Å². The van der Waals surface area contributed by atoms with Gasteiger partial charge in [-0.2, -0.15) is 0 Å². The van der Waals surface area contributed by atoms with Gasteiger partial charge in [0.15, 0.2) is 9.84 Å². The van der Waals surface area contributed by atoms with E-state index in [4.69, 9.17) is 28.3 Å². The second-order valence-electron chi connectivity index (χ2n) is 7.55. The highest BCUT2D eigenvalue weighted by Crippen LogP contribution is 2.40. The van der Waals surface area contributed by atoms with Gasteiger partial charge in [-0.1, -0.05) is 53.2 Å². The first-order valence-corrected chi connectivity index (χ1v) is 13.4. The summed E-state index contributed by atoms with van der Waals surface area (Å²) in [5.74, 6) is -1.69. The van der Waals surface area contributed by atoms with Crippen LogP contribution in [0.2, 0.25) is 10.0 Å². The lowest BCUT2D eigenvalue weighted by Crippen LogP contribution is -2.18. The summed E-state index contributed by atoms with van der Waals surface area (Å²) in [4.78, 5) is 24.5. The highest BCUT2D eigenvalue weighted by Gasteiger charge is 2.25. The summed E-state index contributed by atoms with van der Waals surface area (Å²) in [5.41, 5.74) is 2.12. The number of carbonyl (C=O) groups excluding carboxylic acids is 1. The summed E-state index contributed by atoms with van der Waals surface area (Å²) in [7, 11) is -3.77. The first-order chi connectivity index (χ1) is 16.6. The second kappa shape index (κ2) is 10.3. The maximum absolute atomic E-state index is 13.0. The van der Waals surface area contributed by atoms with Crippen LogP contribution in [0, 0.1) is 0 Å². The average Bonchev–Trinajstić information content (AvgIpc) is 2.81. The van der Waals surface area contributed by atoms with Gasteiger partial charge in [-0.25, -0.2) is 8.42 Å². The number of benzene rings is 3. The van der Waals surface area contributed by atoms with Crippen LogP contribution in [-0.4, -0.2) is 31.9 Å². The number of hydrogen-bond donors (Lipinski definition) is 3. The van der Waals surface area contributed by atoms with E-state index in [1.165, 1.54) is 23.9 Å². The van der Waals surface area contributed by atoms with E-state index in [-0.39, 0.29) is 33.1 Å². The van der Waals surface area contributed by atoms with Gasteiger partial charge in [0.05, 0.1) is 21.2 Å². The van der Waals surface area contributed by atoms with E-state index in [1.807, 2.05) is 0 Å². The molecule has 3 aromatic carbocycles. The minimum atomic E-state index is -3.77. The maximum atomic E-state index is 13.0. The van der Waals surface area contributed by atoms with Crippen LogP contribution < -0.4 is 10.6 Å². The molecule has 35 heavy (non-hydrogen) atoms. The van der Waals surface area contributed by atoms with Crippen molar-refractivity contribution in [1.29, 1.82) is 0 Å². The third kappa shape index (κ3) is 5.99. The molecule has 1 amide bonds. The summed E-state index contributed by atoms with van der Waals surface area (Å²) >= 11 is 13.5. The lowest BCUT2D eigenvalue weighted by atomic mass is 10.2. The molecule has 0 aromatic heterocycles. The summed E-state index contributed by atoms with van der Waals surface area (Å²) in [6, 6.07) is 16.3. The molecule has 0 aliphatic carbocycles. The van der Waals surface area contributed by atoms with E-state index in [0.29, 0.717) is 26.7 Å². The Hall–Kier alpha value is -2.98. The van der Waals surface area contributed by atoms with Crippen LogP contribution in [0.1, 0.15) is 11.1 Å². The molecule has 7 nitrogen and oxygen atoms in total. The summed E-state index contributed by atoms with van der Waals surface area (Å²) < 4.78 is 26.0. The Kier molecular flexibility index (Phi) is 7.42. The number of nitrogens with one attached hydrogen (secondary N) is 2. The first-order valence-electron chi connectivity index (χ1n) is 10.2. The minimum Gasteiger partial charge on any atom is -0.480 e. The van der Waals surface area contributed by atoms with Gasteiger partial charge in [-0.05, 0) is 54.1 Å². The Morgan fingerprint density at radius 2 is 1.74 bits per heavy atom. The van der Waals surface area contributed by atoms with E-state index in [9.17, 15) is 18.0 Å². The van der Waals surface area contributed by atoms with E-state index < -0.39 is 15.8 Å². The number of amides is 1. The topological polar surface area (TPSA) is 113 Å². The van der Waals surface area contributed by atoms with Gasteiger partial charge in [0.25, 0.3) is 5.91 Å². The average molecular weight is 549 g/mol. The Morgan fingerprint density at radius 3 is 2.40 bits per heavy atom. The number of anilines is 2. The van der Waals surface area contributed by atoms with E-state index in [1.54, 1.807) is 54.6 Å². The third-order valence-corrected chi connectivity index (χ3v) is 8.50. The molecule has 11 heteroatoms. The van der Waals surface area contributed by atoms with Crippen molar-refractivity contribution in [2.45, 2.75) is 15.5 Å². The fourth-order valence-corrected chi connectivity index (χ4v) is 6.35. The van der Waals surface area contributed by atoms with Gasteiger partial charge in [0.1, 0.15) is 6.54 Å². The van der Waals surface area contributed by atoms with Crippen molar-refractivity contribution in [2.24, 2.45) is 0 Å². The molecule has 0 saturated carbocycles. The van der Waals surface area contributed by atoms with Crippen molar-refractivity contribution in [3.05, 3.63) is 86.7 Å². The van der Waals surface area contributed by atoms with E-state index in [0.717, 1.165) is 5.56 Å². The molecule has 3 N–H and O–H groups in total. The Balaban J connectivity index is 1.53. The van der Waals surface area contributed by atoms with Gasteiger partial charge in [-0.15, -0.1) is 0 Å². The molecule has 1 heterocycles. The lowest BCUT2D eigenvalue weighted by Gasteiger charge is -2.19. The summed E-state index contributed by atoms with van der Waals surface area (Å²) in [6.45, 7) is -0.196. The van der Waals surface area contributed by atoms with Crippen molar-refractivity contribution in [3.63, 3.8) is 0 Å². The van der Waals surface area contributed by atoms with Crippen molar-refractivity contribution in [2.75, 3.05) is 17.2 Å². The minimum absolute atomic E-state index is 0.0463. The molecule has 0 fully saturated rings. The van der Waals surface area contributed by atoms with Gasteiger partial charge in [0, 0.05) is 26.2 Å². The molecule has 1 aliphatic rings. The largest absolute Gasteiger partial charge is 0.480 e. The first kappa shape index (κ1) is 25.1. The second-order valence-corrected chi connectivity index (χ2v) is 11.4. The molecule has 0 atom stereocenters. The monoisotopic (exact) mass is 548 g/mol. The smallest absolute Gasteiger partial charge is 0.322 e. The van der Waals surface area contributed by atoms with Crippen LogP contribution in [-0.2, 0) is 25.2 Å². The highest BCUT2D eigenvalue weighted by atomic mass is 35.5. The lowest BCUT2D eigenvalue weighted by molar-refractivity contribution is -0.134. The van der Waals surface area contributed by atoms with Gasteiger partial charge in [0.2, 0.25) is 0 Å². The van der Waals surface area contributed by atoms with Crippen LogP contribution in [0.4, 0.5) is 11.4 Å². The number of sulfone groups is 1. The standard InChI is InChI=1S/C24H18Cl2N2O5S2/c25-18-2-1-3-19(26)17(18)13-35(32,33)16-8-9-21-20(11-16)28-24(31)22(34-21)10-14-4-6-15(7-5-14)27-12-23(29)30/h1-11,27H,12-13H2,(H,28,31)(H,29,30). The third-order valence-electron chi connectivity index (χ3n) is 5.05. The number of halogens is 2. The molecule has 0 radical (unpaired) electrons. The molecular weight excluding hydrogens is 531 g/mol. The molecule has 180 valence electrons. The molecule has 0 unspecified atom stereocenters. The van der Waals surface area contributed by atoms with Gasteiger partial charge in [-0.3, -0.25) is 9.59 Å². The Labute approximate surface area is 216 Å². The van der Waals surface area contributed by atoms with Gasteiger partial charge < -0.3 is 15.7 Å². The molecule has 1 aliphatic heterocycles. The number of carboxylic acid groups (broad SMARTS) is 1. The van der Waals surface area contributed by atoms with Gasteiger partial charge >= 0.3 is 5.97 Å². The number of carboxylic acids is 1. The summed E-state index contributed by atoms with van der Waals surface area (Å²) in [6.07, 6.45) is 1.70. The van der Waals surface area contributed by atoms with Crippen LogP contribution in [0.25, 0.3) is 6.08 Å². The van der Waals surface area contributed by atoms with Crippen LogP contribution >= 0.6 is 35.0 Å². The predicted octanol–water partition coefficient (Wildman–Crippen LogP) is 5.55. The fourth-order valence-electron chi connectivity index (χ4n) is 3.30. The van der Waals surface area contributed by atoms with E-state index >= 15 is 0 Å². The maximum Gasteiger partial charge on any atom is 0.322 e. The SMILES string of the molecule is O=C(O)CNc1ccc(C=C2Sc3ccc(S(=O)(=O)Cc4c(Cl)cccc4Cl)cc3NC2=O)cc1. The van der Waals surface area contributed by atoms with Crippen LogP contribution in [0.3, 0.4) is 0 Å². The van der Waals surface area contributed by atoms with Crippen molar-refractivity contribution in [3.8, 4) is 0 Å². The van der Waals surface area contributed by atoms with Crippen LogP contribution in [0.5, 0.6) is 0 Å². The number of fused-ring (bicyclic) bond motifs is 1. The zero-order chi connectivity index (χ0) is 25.2. The summed E-state index contributed by atoms with van der Waals surface area (Å²) in [5, 5.41) is 14.8. The van der Waals surface area contributed by atoms with E-state index in [2.05, 4.69) is 10.6 Å².